The molecule has 2 heteroatoms. The second-order valence-electron chi connectivity index (χ2n) is 4.66. The standard InChI is InChI=1S/C10H17NO/c1-8(12)5-9-6-10(9)3-4-11(2)7-10/h9H,3-7H2,1-2H3. The van der Waals surface area contributed by atoms with Crippen molar-refractivity contribution in [1.29, 1.82) is 0 Å². The number of ketones is 1. The van der Waals surface area contributed by atoms with Crippen molar-refractivity contribution in [2.24, 2.45) is 11.3 Å². The molecule has 2 aliphatic rings. The van der Waals surface area contributed by atoms with E-state index in [1.807, 2.05) is 0 Å². The summed E-state index contributed by atoms with van der Waals surface area (Å²) in [7, 11) is 2.18. The van der Waals surface area contributed by atoms with E-state index in [1.165, 1.54) is 25.9 Å². The third kappa shape index (κ3) is 1.28. The minimum absolute atomic E-state index is 0.367. The molecule has 0 aromatic heterocycles. The highest BCUT2D eigenvalue weighted by molar-refractivity contribution is 5.76. The van der Waals surface area contributed by atoms with E-state index in [4.69, 9.17) is 0 Å². The summed E-state index contributed by atoms with van der Waals surface area (Å²) in [6.45, 7) is 4.17. The maximum Gasteiger partial charge on any atom is 0.130 e. The summed E-state index contributed by atoms with van der Waals surface area (Å²) in [5.74, 6) is 1.09. The van der Waals surface area contributed by atoms with E-state index in [0.717, 1.165) is 12.3 Å². The normalized spacial score (nSPS) is 40.7. The molecule has 2 unspecified atom stereocenters. The first-order chi connectivity index (χ1) is 5.62. The molecule has 1 heterocycles. The van der Waals surface area contributed by atoms with Gasteiger partial charge in [0.05, 0.1) is 0 Å². The molecule has 1 aliphatic carbocycles. The van der Waals surface area contributed by atoms with Crippen LogP contribution in [0.4, 0.5) is 0 Å². The lowest BCUT2D eigenvalue weighted by Gasteiger charge is -2.08. The molecule has 1 saturated carbocycles. The molecule has 0 radical (unpaired) electrons. The van der Waals surface area contributed by atoms with Crippen molar-refractivity contribution in [1.82, 2.24) is 4.90 Å². The van der Waals surface area contributed by atoms with Gasteiger partial charge in [0.15, 0.2) is 0 Å². The molecule has 0 amide bonds. The van der Waals surface area contributed by atoms with Gasteiger partial charge in [-0.05, 0) is 44.7 Å². The van der Waals surface area contributed by atoms with Gasteiger partial charge in [0.25, 0.3) is 0 Å². The van der Waals surface area contributed by atoms with Crippen molar-refractivity contribution >= 4 is 5.78 Å². The van der Waals surface area contributed by atoms with Crippen molar-refractivity contribution in [3.05, 3.63) is 0 Å². The molecule has 12 heavy (non-hydrogen) atoms. The summed E-state index contributed by atoms with van der Waals surface area (Å²) in [6.07, 6.45) is 3.45. The Bertz CT molecular complexity index is 214. The maximum absolute atomic E-state index is 10.9. The summed E-state index contributed by atoms with van der Waals surface area (Å²) < 4.78 is 0. The summed E-state index contributed by atoms with van der Waals surface area (Å²) in [6, 6.07) is 0. The van der Waals surface area contributed by atoms with Crippen LogP contribution in [-0.2, 0) is 4.79 Å². The minimum Gasteiger partial charge on any atom is -0.306 e. The molecule has 0 N–H and O–H groups in total. The molecule has 0 aromatic carbocycles. The highest BCUT2D eigenvalue weighted by Crippen LogP contribution is 2.59. The van der Waals surface area contributed by atoms with Gasteiger partial charge < -0.3 is 9.69 Å². The van der Waals surface area contributed by atoms with Gasteiger partial charge in [0, 0.05) is 13.0 Å². The van der Waals surface area contributed by atoms with Crippen LogP contribution in [0.1, 0.15) is 26.2 Å². The van der Waals surface area contributed by atoms with Crippen molar-refractivity contribution in [3.63, 3.8) is 0 Å². The Labute approximate surface area is 73.9 Å². The number of nitrogens with zero attached hydrogens (tertiary/aromatic N) is 1. The molecule has 1 saturated heterocycles. The molecule has 1 aliphatic heterocycles. The Kier molecular flexibility index (Phi) is 1.76. The van der Waals surface area contributed by atoms with Crippen LogP contribution in [0.25, 0.3) is 0 Å². The Hall–Kier alpha value is -0.370. The molecule has 2 atom stereocenters. The molecule has 0 bridgehead atoms. The number of carbonyl (C=O) groups excluding carboxylic acids is 1. The van der Waals surface area contributed by atoms with E-state index in [-0.39, 0.29) is 0 Å². The summed E-state index contributed by atoms with van der Waals surface area (Å²) in [5, 5.41) is 0. The topological polar surface area (TPSA) is 20.3 Å². The maximum atomic E-state index is 10.9. The van der Waals surface area contributed by atoms with Crippen LogP contribution >= 0.6 is 0 Å². The van der Waals surface area contributed by atoms with Crippen LogP contribution in [0.2, 0.25) is 0 Å². The summed E-state index contributed by atoms with van der Waals surface area (Å²) in [5.41, 5.74) is 0.570. The SMILES string of the molecule is CC(=O)CC1CC12CCN(C)C2. The predicted octanol–water partition coefficient (Wildman–Crippen LogP) is 1.31. The van der Waals surface area contributed by atoms with E-state index < -0.39 is 0 Å². The number of likely N-dealkylation sites (tertiary alicyclic amines) is 1. The van der Waals surface area contributed by atoms with E-state index in [9.17, 15) is 4.79 Å². The first kappa shape index (κ1) is 8.24. The van der Waals surface area contributed by atoms with Crippen LogP contribution in [0.3, 0.4) is 0 Å². The molecule has 2 fully saturated rings. The molecular weight excluding hydrogens is 150 g/mol. The number of hydrogen-bond donors (Lipinski definition) is 0. The fraction of sp³-hybridized carbons (Fsp3) is 0.900. The third-order valence-corrected chi connectivity index (χ3v) is 3.47. The van der Waals surface area contributed by atoms with Gasteiger partial charge in [0.1, 0.15) is 5.78 Å². The van der Waals surface area contributed by atoms with Crippen molar-refractivity contribution in [2.45, 2.75) is 26.2 Å². The average molecular weight is 167 g/mol. The van der Waals surface area contributed by atoms with E-state index in [2.05, 4.69) is 11.9 Å². The smallest absolute Gasteiger partial charge is 0.130 e. The predicted molar refractivity (Wildman–Crippen MR) is 48.0 cm³/mol. The lowest BCUT2D eigenvalue weighted by Crippen LogP contribution is -2.15. The molecule has 1 spiro atoms. The largest absolute Gasteiger partial charge is 0.306 e. The van der Waals surface area contributed by atoms with Crippen LogP contribution in [0.15, 0.2) is 0 Å². The quantitative estimate of drug-likeness (QED) is 0.618. The number of hydrogen-bond acceptors (Lipinski definition) is 2. The molecule has 2 nitrogen and oxygen atoms in total. The monoisotopic (exact) mass is 167 g/mol. The minimum atomic E-state index is 0.367. The Morgan fingerprint density at radius 2 is 2.42 bits per heavy atom. The summed E-state index contributed by atoms with van der Waals surface area (Å²) in [4.78, 5) is 13.3. The fourth-order valence-corrected chi connectivity index (χ4v) is 2.68. The first-order valence-electron chi connectivity index (χ1n) is 4.80. The molecule has 0 aromatic rings. The number of rotatable bonds is 2. The lowest BCUT2D eigenvalue weighted by molar-refractivity contribution is -0.117. The van der Waals surface area contributed by atoms with Crippen molar-refractivity contribution in [2.75, 3.05) is 20.1 Å². The van der Waals surface area contributed by atoms with Crippen LogP contribution in [0, 0.1) is 11.3 Å². The van der Waals surface area contributed by atoms with Gasteiger partial charge in [0.2, 0.25) is 0 Å². The van der Waals surface area contributed by atoms with E-state index in [0.29, 0.717) is 11.2 Å². The number of Topliss-reactive ketones (excluding diaryl/α,β-unsaturated/α-hetero) is 1. The lowest BCUT2D eigenvalue weighted by atomic mass is 10.0. The molecular formula is C10H17NO. The van der Waals surface area contributed by atoms with Crippen LogP contribution < -0.4 is 0 Å². The fourth-order valence-electron chi connectivity index (χ4n) is 2.68. The second-order valence-corrected chi connectivity index (χ2v) is 4.66. The first-order valence-corrected chi connectivity index (χ1v) is 4.80. The Morgan fingerprint density at radius 3 is 2.92 bits per heavy atom. The van der Waals surface area contributed by atoms with Crippen LogP contribution in [-0.4, -0.2) is 30.8 Å². The Balaban J connectivity index is 1.89. The highest BCUT2D eigenvalue weighted by atomic mass is 16.1. The van der Waals surface area contributed by atoms with Gasteiger partial charge >= 0.3 is 0 Å². The molecule has 68 valence electrons. The van der Waals surface area contributed by atoms with Gasteiger partial charge in [-0.2, -0.15) is 0 Å². The van der Waals surface area contributed by atoms with Gasteiger partial charge in [-0.25, -0.2) is 0 Å². The van der Waals surface area contributed by atoms with Gasteiger partial charge in [-0.15, -0.1) is 0 Å². The van der Waals surface area contributed by atoms with Crippen LogP contribution in [0.5, 0.6) is 0 Å². The Morgan fingerprint density at radius 1 is 1.67 bits per heavy atom. The van der Waals surface area contributed by atoms with E-state index >= 15 is 0 Å². The highest BCUT2D eigenvalue weighted by Gasteiger charge is 2.56. The average Bonchev–Trinajstić information content (AvgIpc) is 2.42. The summed E-state index contributed by atoms with van der Waals surface area (Å²) >= 11 is 0. The number of carbonyl (C=O) groups is 1. The third-order valence-electron chi connectivity index (χ3n) is 3.47. The van der Waals surface area contributed by atoms with Gasteiger partial charge in [-0.3, -0.25) is 0 Å². The zero-order valence-corrected chi connectivity index (χ0v) is 7.97. The second kappa shape index (κ2) is 2.56. The van der Waals surface area contributed by atoms with Gasteiger partial charge in [-0.1, -0.05) is 0 Å². The van der Waals surface area contributed by atoms with Crippen molar-refractivity contribution < 1.29 is 4.79 Å². The van der Waals surface area contributed by atoms with E-state index in [1.54, 1.807) is 6.92 Å². The zero-order valence-electron chi connectivity index (χ0n) is 7.97. The van der Waals surface area contributed by atoms with Crippen molar-refractivity contribution in [3.8, 4) is 0 Å². The molecule has 2 rings (SSSR count). The zero-order chi connectivity index (χ0) is 8.77.